The molecule has 0 aromatic heterocycles. The molecule has 0 aliphatic heterocycles. The molecule has 0 saturated heterocycles. The number of primary sulfonamides is 1. The first-order chi connectivity index (χ1) is 8.27. The molecule has 5 nitrogen and oxygen atoms in total. The summed E-state index contributed by atoms with van der Waals surface area (Å²) in [4.78, 5) is -0.235. The van der Waals surface area contributed by atoms with Gasteiger partial charge in [0.05, 0.1) is 11.6 Å². The molecular weight excluding hydrogens is 301 g/mol. The summed E-state index contributed by atoms with van der Waals surface area (Å²) in [6, 6.07) is 2.65. The van der Waals surface area contributed by atoms with Crippen LogP contribution in [-0.4, -0.2) is 28.2 Å². The Morgan fingerprint density at radius 1 is 1.33 bits per heavy atom. The zero-order valence-corrected chi connectivity index (χ0v) is 12.1. The molecule has 0 bridgehead atoms. The molecule has 1 unspecified atom stereocenters. The van der Waals surface area contributed by atoms with Crippen LogP contribution in [0.4, 0.5) is 0 Å². The Kier molecular flexibility index (Phi) is 5.24. The number of halogens is 2. The molecule has 1 rings (SSSR count). The Hall–Kier alpha value is -0.530. The van der Waals surface area contributed by atoms with Gasteiger partial charge in [0.25, 0.3) is 0 Å². The van der Waals surface area contributed by atoms with Crippen LogP contribution in [0.1, 0.15) is 6.92 Å². The van der Waals surface area contributed by atoms with Crippen molar-refractivity contribution in [3.63, 3.8) is 0 Å². The largest absolute Gasteiger partial charge is 0.487 e. The Morgan fingerprint density at radius 2 is 1.94 bits per heavy atom. The van der Waals surface area contributed by atoms with Crippen LogP contribution in [0.2, 0.25) is 10.0 Å². The van der Waals surface area contributed by atoms with Crippen LogP contribution in [0, 0.1) is 0 Å². The zero-order valence-electron chi connectivity index (χ0n) is 9.81. The van der Waals surface area contributed by atoms with Crippen LogP contribution in [0.3, 0.4) is 0 Å². The minimum atomic E-state index is -3.91. The minimum Gasteiger partial charge on any atom is -0.487 e. The van der Waals surface area contributed by atoms with E-state index in [1.807, 2.05) is 0 Å². The molecule has 0 radical (unpaired) electrons. The van der Waals surface area contributed by atoms with E-state index in [4.69, 9.17) is 37.8 Å². The molecule has 102 valence electrons. The minimum absolute atomic E-state index is 0.00569. The lowest BCUT2D eigenvalue weighted by atomic mass is 10.3. The van der Waals surface area contributed by atoms with Crippen molar-refractivity contribution >= 4 is 33.2 Å². The van der Waals surface area contributed by atoms with E-state index in [0.29, 0.717) is 6.61 Å². The number of ether oxygens (including phenoxy) is 2. The van der Waals surface area contributed by atoms with Crippen molar-refractivity contribution < 1.29 is 17.9 Å². The summed E-state index contributed by atoms with van der Waals surface area (Å²) in [5.74, 6) is 0.276. The van der Waals surface area contributed by atoms with Crippen LogP contribution in [0.15, 0.2) is 17.0 Å². The summed E-state index contributed by atoms with van der Waals surface area (Å²) >= 11 is 11.8. The third-order valence-corrected chi connectivity index (χ3v) is 3.98. The smallest absolute Gasteiger partial charge is 0.239 e. The predicted molar refractivity (Wildman–Crippen MR) is 69.8 cm³/mol. The van der Waals surface area contributed by atoms with Gasteiger partial charge in [0.1, 0.15) is 21.8 Å². The first-order valence-electron chi connectivity index (χ1n) is 4.93. The van der Waals surface area contributed by atoms with E-state index in [0.717, 1.165) is 0 Å². The highest BCUT2D eigenvalue weighted by atomic mass is 35.5. The number of sulfonamides is 1. The molecule has 0 amide bonds. The van der Waals surface area contributed by atoms with Gasteiger partial charge >= 0.3 is 0 Å². The van der Waals surface area contributed by atoms with Crippen LogP contribution < -0.4 is 9.88 Å². The fourth-order valence-corrected chi connectivity index (χ4v) is 2.66. The van der Waals surface area contributed by atoms with E-state index in [9.17, 15) is 8.42 Å². The fourth-order valence-electron chi connectivity index (χ4n) is 1.31. The highest BCUT2D eigenvalue weighted by Crippen LogP contribution is 2.36. The molecule has 8 heteroatoms. The molecule has 0 aliphatic rings. The van der Waals surface area contributed by atoms with Crippen molar-refractivity contribution in [2.75, 3.05) is 13.7 Å². The molecule has 2 N–H and O–H groups in total. The highest BCUT2D eigenvalue weighted by Gasteiger charge is 2.19. The summed E-state index contributed by atoms with van der Waals surface area (Å²) in [7, 11) is -2.37. The standard InChI is InChI=1S/C10H13Cl2NO4S/c1-6(5-16-2)17-7-3-4-8(18(13,14)15)10(12)9(7)11/h3-4,6H,5H2,1-2H3,(H2,13,14,15). The van der Waals surface area contributed by atoms with Crippen molar-refractivity contribution in [3.8, 4) is 5.75 Å². The molecule has 0 spiro atoms. The van der Waals surface area contributed by atoms with Crippen molar-refractivity contribution in [3.05, 3.63) is 22.2 Å². The number of nitrogens with two attached hydrogens (primary N) is 1. The van der Waals surface area contributed by atoms with Crippen molar-refractivity contribution in [1.82, 2.24) is 0 Å². The summed E-state index contributed by atoms with van der Waals surface area (Å²) in [5, 5.41) is 4.85. The number of hydrogen-bond donors (Lipinski definition) is 1. The molecule has 0 fully saturated rings. The normalized spacial score (nSPS) is 13.4. The summed E-state index contributed by atoms with van der Waals surface area (Å²) in [5.41, 5.74) is 0. The molecule has 0 saturated carbocycles. The second-order valence-corrected chi connectivity index (χ2v) is 5.90. The van der Waals surface area contributed by atoms with E-state index in [-0.39, 0.29) is 26.8 Å². The van der Waals surface area contributed by atoms with Gasteiger partial charge in [-0.1, -0.05) is 23.2 Å². The van der Waals surface area contributed by atoms with Gasteiger partial charge in [-0.25, -0.2) is 13.6 Å². The fraction of sp³-hybridized carbons (Fsp3) is 0.400. The molecule has 0 aliphatic carbocycles. The van der Waals surface area contributed by atoms with Gasteiger partial charge in [-0.2, -0.15) is 0 Å². The highest BCUT2D eigenvalue weighted by molar-refractivity contribution is 7.89. The number of methoxy groups -OCH3 is 1. The Bertz CT molecular complexity index is 533. The van der Waals surface area contributed by atoms with Crippen LogP contribution >= 0.6 is 23.2 Å². The van der Waals surface area contributed by atoms with Gasteiger partial charge in [0.2, 0.25) is 10.0 Å². The topological polar surface area (TPSA) is 78.6 Å². The lowest BCUT2D eigenvalue weighted by Crippen LogP contribution is -2.18. The quantitative estimate of drug-likeness (QED) is 0.902. The average Bonchev–Trinajstić information content (AvgIpc) is 2.23. The second kappa shape index (κ2) is 6.08. The van der Waals surface area contributed by atoms with Crippen LogP contribution in [0.5, 0.6) is 5.75 Å². The predicted octanol–water partition coefficient (Wildman–Crippen LogP) is 2.05. The second-order valence-electron chi connectivity index (χ2n) is 3.62. The summed E-state index contributed by atoms with van der Waals surface area (Å²) < 4.78 is 32.8. The number of hydrogen-bond acceptors (Lipinski definition) is 4. The van der Waals surface area contributed by atoms with E-state index >= 15 is 0 Å². The molecular formula is C10H13Cl2NO4S. The van der Waals surface area contributed by atoms with Crippen molar-refractivity contribution in [1.29, 1.82) is 0 Å². The van der Waals surface area contributed by atoms with E-state index in [2.05, 4.69) is 0 Å². The van der Waals surface area contributed by atoms with Gasteiger partial charge in [-0.3, -0.25) is 0 Å². The van der Waals surface area contributed by atoms with Gasteiger partial charge in [0, 0.05) is 7.11 Å². The third-order valence-electron chi connectivity index (χ3n) is 2.05. The van der Waals surface area contributed by atoms with Gasteiger partial charge in [-0.05, 0) is 19.1 Å². The summed E-state index contributed by atoms with van der Waals surface area (Å²) in [6.45, 7) is 2.15. The first kappa shape index (κ1) is 15.5. The Labute approximate surface area is 116 Å². The maximum Gasteiger partial charge on any atom is 0.239 e. The number of benzene rings is 1. The van der Waals surface area contributed by atoms with Gasteiger partial charge in [0.15, 0.2) is 0 Å². The molecule has 1 aromatic carbocycles. The third kappa shape index (κ3) is 3.73. The van der Waals surface area contributed by atoms with Crippen molar-refractivity contribution in [2.24, 2.45) is 5.14 Å². The molecule has 1 atom stereocenters. The van der Waals surface area contributed by atoms with Gasteiger partial charge < -0.3 is 9.47 Å². The molecule has 1 aromatic rings. The summed E-state index contributed by atoms with van der Waals surface area (Å²) in [6.07, 6.45) is -0.246. The average molecular weight is 314 g/mol. The van der Waals surface area contributed by atoms with E-state index in [1.54, 1.807) is 14.0 Å². The van der Waals surface area contributed by atoms with E-state index in [1.165, 1.54) is 12.1 Å². The SMILES string of the molecule is COCC(C)Oc1ccc(S(N)(=O)=O)c(Cl)c1Cl. The monoisotopic (exact) mass is 313 g/mol. The van der Waals surface area contributed by atoms with Gasteiger partial charge in [-0.15, -0.1) is 0 Å². The Morgan fingerprint density at radius 3 is 2.44 bits per heavy atom. The van der Waals surface area contributed by atoms with Crippen molar-refractivity contribution in [2.45, 2.75) is 17.9 Å². The lowest BCUT2D eigenvalue weighted by Gasteiger charge is -2.16. The molecule has 0 heterocycles. The van der Waals surface area contributed by atoms with Crippen LogP contribution in [0.25, 0.3) is 0 Å². The maximum absolute atomic E-state index is 11.2. The molecule has 18 heavy (non-hydrogen) atoms. The maximum atomic E-state index is 11.2. The zero-order chi connectivity index (χ0) is 13.9. The Balaban J connectivity index is 3.09. The lowest BCUT2D eigenvalue weighted by molar-refractivity contribution is 0.0921. The van der Waals surface area contributed by atoms with Crippen LogP contribution in [-0.2, 0) is 14.8 Å². The number of rotatable bonds is 5. The van der Waals surface area contributed by atoms with E-state index < -0.39 is 10.0 Å². The first-order valence-corrected chi connectivity index (χ1v) is 7.24.